The lowest BCUT2D eigenvalue weighted by Gasteiger charge is -2.35. The average molecular weight is 331 g/mol. The van der Waals surface area contributed by atoms with Crippen LogP contribution in [0.3, 0.4) is 0 Å². The quantitative estimate of drug-likeness (QED) is 0.753. The first kappa shape index (κ1) is 18.7. The van der Waals surface area contributed by atoms with Crippen LogP contribution >= 0.6 is 0 Å². The second-order valence-corrected chi connectivity index (χ2v) is 7.22. The van der Waals surface area contributed by atoms with E-state index in [2.05, 4.69) is 5.32 Å². The zero-order chi connectivity index (χ0) is 17.6. The van der Waals surface area contributed by atoms with E-state index in [1.807, 2.05) is 32.0 Å². The molecule has 1 aromatic rings. The number of amides is 1. The molecule has 2 N–H and O–H groups in total. The van der Waals surface area contributed by atoms with Crippen molar-refractivity contribution in [1.82, 2.24) is 5.32 Å². The van der Waals surface area contributed by atoms with Crippen LogP contribution in [0.25, 0.3) is 0 Å². The summed E-state index contributed by atoms with van der Waals surface area (Å²) in [5, 5.41) is 12.6. The van der Waals surface area contributed by atoms with Gasteiger partial charge in [-0.1, -0.05) is 31.4 Å². The van der Waals surface area contributed by atoms with Gasteiger partial charge in [0.15, 0.2) is 5.78 Å². The fraction of sp³-hybridized carbons (Fsp3) is 0.600. The van der Waals surface area contributed by atoms with E-state index in [1.54, 1.807) is 0 Å². The van der Waals surface area contributed by atoms with Crippen LogP contribution < -0.4 is 5.32 Å². The van der Waals surface area contributed by atoms with Crippen LogP contribution in [0.2, 0.25) is 0 Å². The van der Waals surface area contributed by atoms with E-state index in [1.165, 1.54) is 6.42 Å². The molecule has 0 bridgehead atoms. The molecular weight excluding hydrogens is 302 g/mol. The van der Waals surface area contributed by atoms with Crippen molar-refractivity contribution < 1.29 is 14.7 Å². The molecule has 1 saturated carbocycles. The second-order valence-electron chi connectivity index (χ2n) is 7.22. The predicted molar refractivity (Wildman–Crippen MR) is 95.1 cm³/mol. The zero-order valence-corrected chi connectivity index (χ0v) is 14.9. The van der Waals surface area contributed by atoms with E-state index < -0.39 is 0 Å². The largest absolute Gasteiger partial charge is 0.396 e. The third-order valence-electron chi connectivity index (χ3n) is 5.32. The summed E-state index contributed by atoms with van der Waals surface area (Å²) in [6.07, 6.45) is 5.79. The highest BCUT2D eigenvalue weighted by Crippen LogP contribution is 2.35. The number of aryl methyl sites for hydroxylation is 2. The number of hydrogen-bond acceptors (Lipinski definition) is 3. The zero-order valence-electron chi connectivity index (χ0n) is 14.9. The van der Waals surface area contributed by atoms with Gasteiger partial charge < -0.3 is 10.4 Å². The Labute approximate surface area is 144 Å². The minimum atomic E-state index is -0.161. The number of carbonyl (C=O) groups excluding carboxylic acids is 2. The van der Waals surface area contributed by atoms with E-state index in [0.29, 0.717) is 12.1 Å². The van der Waals surface area contributed by atoms with E-state index >= 15 is 0 Å². The lowest BCUT2D eigenvalue weighted by atomic mass is 9.74. The first-order valence-electron chi connectivity index (χ1n) is 8.94. The Balaban J connectivity index is 1.80. The molecule has 1 fully saturated rings. The van der Waals surface area contributed by atoms with Crippen LogP contribution in [0.15, 0.2) is 18.2 Å². The van der Waals surface area contributed by atoms with E-state index in [-0.39, 0.29) is 36.6 Å². The minimum absolute atomic E-state index is 0.00258. The highest BCUT2D eigenvalue weighted by atomic mass is 16.3. The third-order valence-corrected chi connectivity index (χ3v) is 5.32. The van der Waals surface area contributed by atoms with Crippen molar-refractivity contribution in [2.24, 2.45) is 5.41 Å². The van der Waals surface area contributed by atoms with E-state index in [9.17, 15) is 14.7 Å². The van der Waals surface area contributed by atoms with Gasteiger partial charge in [0.1, 0.15) is 0 Å². The molecule has 1 amide bonds. The SMILES string of the molecule is Cc1ccc(C(=O)CCC(=O)NCC2(CO)CCCCC2)cc1C. The molecule has 0 heterocycles. The van der Waals surface area contributed by atoms with Crippen LogP contribution in [0, 0.1) is 19.3 Å². The first-order valence-corrected chi connectivity index (χ1v) is 8.94. The van der Waals surface area contributed by atoms with Gasteiger partial charge in [0.2, 0.25) is 5.91 Å². The Morgan fingerprint density at radius 3 is 2.42 bits per heavy atom. The molecule has 0 spiro atoms. The molecule has 0 atom stereocenters. The minimum Gasteiger partial charge on any atom is -0.396 e. The van der Waals surface area contributed by atoms with Gasteiger partial charge in [-0.2, -0.15) is 0 Å². The Morgan fingerprint density at radius 2 is 1.79 bits per heavy atom. The average Bonchev–Trinajstić information content (AvgIpc) is 2.61. The highest BCUT2D eigenvalue weighted by molar-refractivity contribution is 5.98. The predicted octanol–water partition coefficient (Wildman–Crippen LogP) is 3.33. The van der Waals surface area contributed by atoms with Gasteiger partial charge in [-0.05, 0) is 43.9 Å². The number of benzene rings is 1. The molecule has 0 aliphatic heterocycles. The maximum Gasteiger partial charge on any atom is 0.220 e. The number of aliphatic hydroxyl groups excluding tert-OH is 1. The van der Waals surface area contributed by atoms with Gasteiger partial charge >= 0.3 is 0 Å². The number of rotatable bonds is 7. The smallest absolute Gasteiger partial charge is 0.220 e. The Bertz CT molecular complexity index is 589. The molecule has 1 aliphatic rings. The lowest BCUT2D eigenvalue weighted by Crippen LogP contribution is -2.41. The van der Waals surface area contributed by atoms with E-state index in [0.717, 1.165) is 36.8 Å². The van der Waals surface area contributed by atoms with Gasteiger partial charge in [-0.25, -0.2) is 0 Å². The van der Waals surface area contributed by atoms with Crippen LogP contribution in [0.5, 0.6) is 0 Å². The number of carbonyl (C=O) groups is 2. The van der Waals surface area contributed by atoms with Gasteiger partial charge in [-0.3, -0.25) is 9.59 Å². The standard InChI is InChI=1S/C20H29NO3/c1-15-6-7-17(12-16(15)2)18(23)8-9-19(24)21-13-20(14-22)10-4-3-5-11-20/h6-7,12,22H,3-5,8-11,13-14H2,1-2H3,(H,21,24). The topological polar surface area (TPSA) is 66.4 Å². The van der Waals surface area contributed by atoms with Gasteiger partial charge in [0.25, 0.3) is 0 Å². The van der Waals surface area contributed by atoms with Crippen LogP contribution in [0.4, 0.5) is 0 Å². The highest BCUT2D eigenvalue weighted by Gasteiger charge is 2.31. The molecule has 0 radical (unpaired) electrons. The molecule has 4 heteroatoms. The fourth-order valence-electron chi connectivity index (χ4n) is 3.35. The van der Waals surface area contributed by atoms with Crippen LogP contribution in [0.1, 0.15) is 66.4 Å². The molecule has 24 heavy (non-hydrogen) atoms. The molecule has 0 saturated heterocycles. The van der Waals surface area contributed by atoms with Crippen LogP contribution in [-0.4, -0.2) is 29.9 Å². The second kappa shape index (κ2) is 8.43. The van der Waals surface area contributed by atoms with Crippen molar-refractivity contribution in [2.45, 2.75) is 58.8 Å². The summed E-state index contributed by atoms with van der Waals surface area (Å²) in [5.41, 5.74) is 2.76. The van der Waals surface area contributed by atoms with Gasteiger partial charge in [-0.15, -0.1) is 0 Å². The summed E-state index contributed by atoms with van der Waals surface area (Å²) in [5.74, 6) is -0.103. The molecule has 1 aliphatic carbocycles. The summed E-state index contributed by atoms with van der Waals surface area (Å²) in [6, 6.07) is 5.65. The first-order chi connectivity index (χ1) is 11.5. The van der Waals surface area contributed by atoms with Crippen LogP contribution in [-0.2, 0) is 4.79 Å². The number of hydrogen-bond donors (Lipinski definition) is 2. The van der Waals surface area contributed by atoms with Crippen molar-refractivity contribution in [3.63, 3.8) is 0 Å². The van der Waals surface area contributed by atoms with Crippen molar-refractivity contribution >= 4 is 11.7 Å². The summed E-state index contributed by atoms with van der Waals surface area (Å²) >= 11 is 0. The van der Waals surface area contributed by atoms with Crippen molar-refractivity contribution in [1.29, 1.82) is 0 Å². The van der Waals surface area contributed by atoms with Crippen molar-refractivity contribution in [3.8, 4) is 0 Å². The molecule has 0 unspecified atom stereocenters. The summed E-state index contributed by atoms with van der Waals surface area (Å²) in [4.78, 5) is 24.3. The lowest BCUT2D eigenvalue weighted by molar-refractivity contribution is -0.121. The summed E-state index contributed by atoms with van der Waals surface area (Å²) < 4.78 is 0. The fourth-order valence-corrected chi connectivity index (χ4v) is 3.35. The number of ketones is 1. The number of nitrogens with one attached hydrogen (secondary N) is 1. The Kier molecular flexibility index (Phi) is 6.55. The molecule has 0 aromatic heterocycles. The maximum atomic E-state index is 12.2. The molecular formula is C20H29NO3. The Morgan fingerprint density at radius 1 is 1.08 bits per heavy atom. The molecule has 2 rings (SSSR count). The third kappa shape index (κ3) is 4.91. The summed E-state index contributed by atoms with van der Waals surface area (Å²) in [7, 11) is 0. The monoisotopic (exact) mass is 331 g/mol. The van der Waals surface area contributed by atoms with Gasteiger partial charge in [0.05, 0.1) is 6.61 Å². The normalized spacial score (nSPS) is 16.6. The maximum absolute atomic E-state index is 12.2. The molecule has 132 valence electrons. The van der Waals surface area contributed by atoms with Crippen molar-refractivity contribution in [3.05, 3.63) is 34.9 Å². The number of Topliss-reactive ketones (excluding diaryl/α,β-unsaturated/α-hetero) is 1. The molecule has 4 nitrogen and oxygen atoms in total. The van der Waals surface area contributed by atoms with E-state index in [4.69, 9.17) is 0 Å². The van der Waals surface area contributed by atoms with Gasteiger partial charge in [0, 0.05) is 30.4 Å². The summed E-state index contributed by atoms with van der Waals surface area (Å²) in [6.45, 7) is 4.63. The molecule has 1 aromatic carbocycles. The Hall–Kier alpha value is -1.68. The number of aliphatic hydroxyl groups is 1. The van der Waals surface area contributed by atoms with Crippen molar-refractivity contribution in [2.75, 3.05) is 13.2 Å².